The molecular formula is C6H14O6. The molecule has 0 aliphatic rings. The molecule has 0 unspecified atom stereocenters. The molecule has 6 nitrogen and oxygen atoms in total. The molecule has 4 atom stereocenters. The van der Waals surface area contributed by atoms with E-state index in [9.17, 15) is 20.4 Å². The standard InChI is InChI=1S/C6H14O6/c7-1-3(9)5(11)6(12)4(10)2-8/h3-12H,1-2H2/t3-,4-,5-,6-/m1/s1/i1D2,2D2,3D,4D,5D,6D. The average Bonchev–Trinajstić information content (AvgIpc) is 2.12. The molecule has 0 amide bonds. The zero-order valence-corrected chi connectivity index (χ0v) is 5.68. The molecule has 12 heavy (non-hydrogen) atoms. The third-order valence-corrected chi connectivity index (χ3v) is 0.885. The predicted molar refractivity (Wildman–Crippen MR) is 38.2 cm³/mol. The Morgan fingerprint density at radius 2 is 1.17 bits per heavy atom. The summed E-state index contributed by atoms with van der Waals surface area (Å²) in [6.07, 6.45) is -17.9. The van der Waals surface area contributed by atoms with Crippen molar-refractivity contribution in [2.45, 2.75) is 24.3 Å². The molecule has 0 heterocycles. The normalized spacial score (nSPS) is 44.2. The van der Waals surface area contributed by atoms with Crippen LogP contribution in [0.2, 0.25) is 0 Å². The van der Waals surface area contributed by atoms with E-state index < -0.39 is 37.4 Å². The van der Waals surface area contributed by atoms with Crippen LogP contribution in [0.4, 0.5) is 0 Å². The average molecular weight is 190 g/mol. The Labute approximate surface area is 80.6 Å². The van der Waals surface area contributed by atoms with Crippen LogP contribution in [0.3, 0.4) is 0 Å². The zero-order chi connectivity index (χ0) is 17.0. The number of hydrogen-bond acceptors (Lipinski definition) is 6. The molecule has 6 heteroatoms. The van der Waals surface area contributed by atoms with Gasteiger partial charge in [-0.2, -0.15) is 0 Å². The van der Waals surface area contributed by atoms with Crippen LogP contribution >= 0.6 is 0 Å². The Morgan fingerprint density at radius 1 is 0.917 bits per heavy atom. The second-order valence-corrected chi connectivity index (χ2v) is 1.62. The van der Waals surface area contributed by atoms with Gasteiger partial charge < -0.3 is 30.6 Å². The van der Waals surface area contributed by atoms with Gasteiger partial charge in [0.05, 0.1) is 24.1 Å². The molecule has 0 aliphatic carbocycles. The summed E-state index contributed by atoms with van der Waals surface area (Å²) in [5, 5.41) is 55.1. The second-order valence-electron chi connectivity index (χ2n) is 1.62. The van der Waals surface area contributed by atoms with Crippen molar-refractivity contribution in [1.82, 2.24) is 0 Å². The minimum atomic E-state index is -4.55. The topological polar surface area (TPSA) is 121 Å². The third kappa shape index (κ3) is 3.02. The van der Waals surface area contributed by atoms with Gasteiger partial charge in [0.1, 0.15) is 24.3 Å². The molecule has 0 fully saturated rings. The largest absolute Gasteiger partial charge is 0.394 e. The van der Waals surface area contributed by atoms with E-state index in [2.05, 4.69) is 0 Å². The van der Waals surface area contributed by atoms with Crippen LogP contribution in [0.25, 0.3) is 0 Å². The van der Waals surface area contributed by atoms with Crippen molar-refractivity contribution >= 4 is 0 Å². The van der Waals surface area contributed by atoms with E-state index in [1.165, 1.54) is 0 Å². The number of aliphatic hydroxyl groups is 6. The van der Waals surface area contributed by atoms with Gasteiger partial charge in [-0.1, -0.05) is 0 Å². The highest BCUT2D eigenvalue weighted by Crippen LogP contribution is 2.03. The van der Waals surface area contributed by atoms with Crippen molar-refractivity contribution in [2.24, 2.45) is 0 Å². The molecule has 0 aromatic carbocycles. The van der Waals surface area contributed by atoms with E-state index in [-0.39, 0.29) is 0 Å². The highest BCUT2D eigenvalue weighted by Gasteiger charge is 2.29. The SMILES string of the molecule is [2H]C([2H])(O)[C@@]([2H])(O)[C@@]([2H])(O)[C@]([2H])(O)[C@]([2H])(O)C([2H])([2H])O. The fourth-order valence-electron chi connectivity index (χ4n) is 0.330. The first kappa shape index (κ1) is 3.87. The summed E-state index contributed by atoms with van der Waals surface area (Å²) in [7, 11) is 0. The van der Waals surface area contributed by atoms with Crippen molar-refractivity contribution in [3.8, 4) is 0 Å². The molecule has 0 bridgehead atoms. The minimum Gasteiger partial charge on any atom is -0.394 e. The molecule has 0 aromatic rings. The summed E-state index contributed by atoms with van der Waals surface area (Å²) in [6.45, 7) is -8.23. The molecule has 0 aromatic heterocycles. The Balaban J connectivity index is 6.08. The van der Waals surface area contributed by atoms with Crippen LogP contribution in [0.1, 0.15) is 11.0 Å². The maximum atomic E-state index is 9.44. The lowest BCUT2D eigenvalue weighted by molar-refractivity contribution is -0.123. The van der Waals surface area contributed by atoms with Crippen LogP contribution in [0, 0.1) is 0 Å². The molecule has 0 saturated heterocycles. The van der Waals surface area contributed by atoms with E-state index in [0.717, 1.165) is 0 Å². The van der Waals surface area contributed by atoms with E-state index in [1.807, 2.05) is 0 Å². The first-order valence-corrected chi connectivity index (χ1v) is 2.59. The van der Waals surface area contributed by atoms with Gasteiger partial charge in [-0.25, -0.2) is 0 Å². The Kier molecular flexibility index (Phi) is 1.75. The van der Waals surface area contributed by atoms with Gasteiger partial charge in [0.15, 0.2) is 0 Å². The van der Waals surface area contributed by atoms with Gasteiger partial charge >= 0.3 is 0 Å². The Bertz CT molecular complexity index is 333. The van der Waals surface area contributed by atoms with Crippen LogP contribution in [0.5, 0.6) is 0 Å². The molecule has 0 saturated carbocycles. The van der Waals surface area contributed by atoms with E-state index >= 15 is 0 Å². The van der Waals surface area contributed by atoms with Gasteiger partial charge in [-0.3, -0.25) is 0 Å². The lowest BCUT2D eigenvalue weighted by Crippen LogP contribution is -2.46. The summed E-state index contributed by atoms with van der Waals surface area (Å²) < 4.78 is 54.5. The molecule has 0 spiro atoms. The fraction of sp³-hybridized carbons (Fsp3) is 1.00. The van der Waals surface area contributed by atoms with Crippen molar-refractivity contribution in [3.05, 3.63) is 0 Å². The molecule has 0 radical (unpaired) electrons. The van der Waals surface area contributed by atoms with Crippen LogP contribution in [-0.2, 0) is 0 Å². The van der Waals surface area contributed by atoms with Crippen LogP contribution in [0.15, 0.2) is 0 Å². The molecule has 74 valence electrons. The first-order chi connectivity index (χ1) is 8.25. The highest BCUT2D eigenvalue weighted by molar-refractivity contribution is 4.79. The van der Waals surface area contributed by atoms with Gasteiger partial charge in [-0.05, 0) is 0 Å². The van der Waals surface area contributed by atoms with Gasteiger partial charge in [-0.15, -0.1) is 0 Å². The Morgan fingerprint density at radius 3 is 1.33 bits per heavy atom. The smallest absolute Gasteiger partial charge is 0.111 e. The molecular weight excluding hydrogens is 168 g/mol. The van der Waals surface area contributed by atoms with Crippen molar-refractivity contribution in [2.75, 3.05) is 13.1 Å². The van der Waals surface area contributed by atoms with Crippen LogP contribution in [-0.4, -0.2) is 68.1 Å². The lowest BCUT2D eigenvalue weighted by Gasteiger charge is -2.24. The second kappa shape index (κ2) is 5.41. The van der Waals surface area contributed by atoms with E-state index in [0.29, 0.717) is 0 Å². The monoisotopic (exact) mass is 190 g/mol. The van der Waals surface area contributed by atoms with Gasteiger partial charge in [0.25, 0.3) is 0 Å². The van der Waals surface area contributed by atoms with E-state index in [4.69, 9.17) is 21.2 Å². The summed E-state index contributed by atoms with van der Waals surface area (Å²) in [5.41, 5.74) is 0. The fourth-order valence-corrected chi connectivity index (χ4v) is 0.330. The maximum Gasteiger partial charge on any atom is 0.111 e. The quantitative estimate of drug-likeness (QED) is 0.266. The van der Waals surface area contributed by atoms with Crippen molar-refractivity contribution in [1.29, 1.82) is 0 Å². The summed E-state index contributed by atoms with van der Waals surface area (Å²) in [6, 6.07) is 0. The molecule has 0 aliphatic heterocycles. The number of rotatable bonds is 5. The summed E-state index contributed by atoms with van der Waals surface area (Å²) >= 11 is 0. The summed E-state index contributed by atoms with van der Waals surface area (Å²) in [4.78, 5) is 0. The van der Waals surface area contributed by atoms with E-state index in [1.54, 1.807) is 0 Å². The number of hydrogen-bond donors (Lipinski definition) is 6. The first-order valence-electron chi connectivity index (χ1n) is 6.59. The van der Waals surface area contributed by atoms with Gasteiger partial charge in [0.2, 0.25) is 0 Å². The predicted octanol–water partition coefficient (Wildman–Crippen LogP) is -3.59. The van der Waals surface area contributed by atoms with Gasteiger partial charge in [0, 0.05) is 0 Å². The lowest BCUT2D eigenvalue weighted by atomic mass is 10.0. The summed E-state index contributed by atoms with van der Waals surface area (Å²) in [5.74, 6) is 0. The van der Waals surface area contributed by atoms with Crippen molar-refractivity contribution < 1.29 is 41.6 Å². The molecule has 0 rings (SSSR count). The minimum absolute atomic E-state index is 4.11. The van der Waals surface area contributed by atoms with Crippen molar-refractivity contribution in [3.63, 3.8) is 0 Å². The maximum absolute atomic E-state index is 9.44. The zero-order valence-electron chi connectivity index (χ0n) is 13.7. The van der Waals surface area contributed by atoms with Crippen LogP contribution < -0.4 is 0 Å². The molecule has 6 N–H and O–H groups in total. The highest BCUT2D eigenvalue weighted by atomic mass is 16.4. The third-order valence-electron chi connectivity index (χ3n) is 0.885. The Hall–Kier alpha value is -0.240.